The molecule has 0 radical (unpaired) electrons. The Morgan fingerprint density at radius 3 is 2.76 bits per heavy atom. The number of likely N-dealkylation sites (tertiary alicyclic amines) is 1. The molecule has 1 fully saturated rings. The molecule has 2 unspecified atom stereocenters. The largest absolute Gasteiger partial charge is 0.489 e. The molecule has 3 rings (SSSR count). The van der Waals surface area contributed by atoms with Crippen LogP contribution in [0, 0.1) is 0 Å². The molecule has 2 aliphatic heterocycles. The Balaban J connectivity index is 1.67. The van der Waals surface area contributed by atoms with Gasteiger partial charge in [-0.25, -0.2) is 4.99 Å². The number of ether oxygens (including phenoxy) is 1. The van der Waals surface area contributed by atoms with Gasteiger partial charge in [-0.1, -0.05) is 12.1 Å². The number of benzene rings is 1. The van der Waals surface area contributed by atoms with E-state index in [1.807, 2.05) is 24.3 Å². The summed E-state index contributed by atoms with van der Waals surface area (Å²) >= 11 is 0. The third-order valence-corrected chi connectivity index (χ3v) is 3.86. The summed E-state index contributed by atoms with van der Waals surface area (Å²) in [5.74, 6) is 0.113. The molecule has 0 amide bonds. The lowest BCUT2D eigenvalue weighted by molar-refractivity contribution is 0.104. The fraction of sp³-hybridized carbons (Fsp3) is 0.500. The van der Waals surface area contributed by atoms with E-state index in [9.17, 15) is 0 Å². The van der Waals surface area contributed by atoms with Crippen molar-refractivity contribution in [2.24, 2.45) is 16.5 Å². The summed E-state index contributed by atoms with van der Waals surface area (Å²) in [5, 5.41) is 0. The van der Waals surface area contributed by atoms with Gasteiger partial charge in [0.2, 0.25) is 11.7 Å². The molecule has 0 spiro atoms. The van der Waals surface area contributed by atoms with Crippen molar-refractivity contribution in [1.29, 1.82) is 0 Å². The third kappa shape index (κ3) is 3.10. The standard InChI is InChI=1S/C14H22N6O/c1-20-8-2-3-12(9-20)21-11-6-4-10(5-7-11)14(16)17-13(15)18-19-14/h4-7,12,19H,2-3,8-9,16H2,1H3,(H3,15,17,18). The molecule has 1 saturated heterocycles. The first kappa shape index (κ1) is 14.1. The van der Waals surface area contributed by atoms with Gasteiger partial charge in [0, 0.05) is 12.1 Å². The van der Waals surface area contributed by atoms with E-state index in [-0.39, 0.29) is 12.1 Å². The fourth-order valence-electron chi connectivity index (χ4n) is 2.74. The molecule has 2 aliphatic rings. The van der Waals surface area contributed by atoms with Crippen LogP contribution in [0.5, 0.6) is 5.75 Å². The fourth-order valence-corrected chi connectivity index (χ4v) is 2.74. The van der Waals surface area contributed by atoms with Gasteiger partial charge in [0.1, 0.15) is 11.9 Å². The van der Waals surface area contributed by atoms with Crippen LogP contribution in [-0.2, 0) is 5.79 Å². The van der Waals surface area contributed by atoms with Gasteiger partial charge in [-0.05, 0) is 38.6 Å². The number of nitrogens with one attached hydrogen (secondary N) is 2. The van der Waals surface area contributed by atoms with E-state index in [2.05, 4.69) is 27.8 Å². The Morgan fingerprint density at radius 1 is 1.38 bits per heavy atom. The minimum Gasteiger partial charge on any atom is -0.489 e. The van der Waals surface area contributed by atoms with Gasteiger partial charge in [-0.2, -0.15) is 5.43 Å². The summed E-state index contributed by atoms with van der Waals surface area (Å²) in [6.45, 7) is 2.11. The van der Waals surface area contributed by atoms with Crippen LogP contribution >= 0.6 is 0 Å². The monoisotopic (exact) mass is 290 g/mol. The topological polar surface area (TPSA) is 101 Å². The van der Waals surface area contributed by atoms with Crippen molar-refractivity contribution in [3.8, 4) is 5.75 Å². The van der Waals surface area contributed by atoms with Crippen LogP contribution in [0.4, 0.5) is 0 Å². The first-order valence-corrected chi connectivity index (χ1v) is 7.18. The van der Waals surface area contributed by atoms with Crippen LogP contribution in [0.25, 0.3) is 0 Å². The van der Waals surface area contributed by atoms with Crippen molar-refractivity contribution in [2.75, 3.05) is 20.1 Å². The number of guanidine groups is 1. The van der Waals surface area contributed by atoms with Crippen molar-refractivity contribution in [1.82, 2.24) is 15.8 Å². The Bertz CT molecular complexity index is 531. The summed E-state index contributed by atoms with van der Waals surface area (Å²) in [4.78, 5) is 6.44. The van der Waals surface area contributed by atoms with E-state index in [4.69, 9.17) is 16.2 Å². The predicted octanol–water partition coefficient (Wildman–Crippen LogP) is -0.349. The quantitative estimate of drug-likeness (QED) is 0.607. The number of aliphatic imine (C=N–C) groups is 1. The molecule has 1 aromatic carbocycles. The molecule has 0 bridgehead atoms. The molecule has 2 heterocycles. The molecule has 0 aromatic heterocycles. The smallest absolute Gasteiger partial charge is 0.209 e. The van der Waals surface area contributed by atoms with E-state index < -0.39 is 5.79 Å². The Kier molecular flexibility index (Phi) is 3.71. The SMILES string of the molecule is CN1CCCC(Oc2ccc(C3(N)N=C(N)NN3)cc2)C1. The lowest BCUT2D eigenvalue weighted by Gasteiger charge is -2.30. The average Bonchev–Trinajstić information content (AvgIpc) is 2.80. The van der Waals surface area contributed by atoms with Gasteiger partial charge in [-0.3, -0.25) is 11.2 Å². The second-order valence-corrected chi connectivity index (χ2v) is 5.68. The second-order valence-electron chi connectivity index (χ2n) is 5.68. The second kappa shape index (κ2) is 5.51. The van der Waals surface area contributed by atoms with Crippen LogP contribution in [-0.4, -0.2) is 37.1 Å². The number of hydrazine groups is 1. The van der Waals surface area contributed by atoms with Crippen molar-refractivity contribution in [3.63, 3.8) is 0 Å². The van der Waals surface area contributed by atoms with Crippen LogP contribution in [0.3, 0.4) is 0 Å². The van der Waals surface area contributed by atoms with Crippen molar-refractivity contribution in [3.05, 3.63) is 29.8 Å². The summed E-state index contributed by atoms with van der Waals surface area (Å²) < 4.78 is 6.02. The Hall–Kier alpha value is -1.83. The first-order chi connectivity index (χ1) is 10.0. The summed E-state index contributed by atoms with van der Waals surface area (Å²) in [6.07, 6.45) is 2.52. The van der Waals surface area contributed by atoms with Gasteiger partial charge in [-0.15, -0.1) is 0 Å². The third-order valence-electron chi connectivity index (χ3n) is 3.86. The number of hydrogen-bond donors (Lipinski definition) is 4. The Morgan fingerprint density at radius 2 is 2.14 bits per heavy atom. The molecule has 2 atom stereocenters. The minimum atomic E-state index is -1.02. The minimum absolute atomic E-state index is 0.251. The van der Waals surface area contributed by atoms with E-state index in [1.165, 1.54) is 6.42 Å². The summed E-state index contributed by atoms with van der Waals surface area (Å²) in [6, 6.07) is 7.64. The molecular formula is C14H22N6O. The maximum Gasteiger partial charge on any atom is 0.209 e. The van der Waals surface area contributed by atoms with Crippen LogP contribution in [0.1, 0.15) is 18.4 Å². The molecule has 7 nitrogen and oxygen atoms in total. The first-order valence-electron chi connectivity index (χ1n) is 7.18. The highest BCUT2D eigenvalue weighted by Gasteiger charge is 2.31. The predicted molar refractivity (Wildman–Crippen MR) is 81.3 cm³/mol. The molecule has 21 heavy (non-hydrogen) atoms. The maximum atomic E-state index is 6.13. The zero-order chi connectivity index (χ0) is 14.9. The van der Waals surface area contributed by atoms with Crippen LogP contribution in [0.15, 0.2) is 29.3 Å². The van der Waals surface area contributed by atoms with Gasteiger partial charge >= 0.3 is 0 Å². The summed E-state index contributed by atoms with van der Waals surface area (Å²) in [5.41, 5.74) is 18.1. The molecule has 1 aromatic rings. The number of likely N-dealkylation sites (N-methyl/N-ethyl adjacent to an activating group) is 1. The molecule has 0 saturated carbocycles. The van der Waals surface area contributed by atoms with Crippen LogP contribution < -0.4 is 27.1 Å². The van der Waals surface area contributed by atoms with Gasteiger partial charge in [0.25, 0.3) is 0 Å². The number of nitrogens with two attached hydrogens (primary N) is 2. The number of hydrogen-bond acceptors (Lipinski definition) is 7. The molecule has 6 N–H and O–H groups in total. The number of rotatable bonds is 3. The van der Waals surface area contributed by atoms with Gasteiger partial charge in [0.05, 0.1) is 0 Å². The average molecular weight is 290 g/mol. The lowest BCUT2D eigenvalue weighted by Crippen LogP contribution is -2.50. The van der Waals surface area contributed by atoms with Crippen molar-refractivity contribution >= 4 is 5.96 Å². The zero-order valence-corrected chi connectivity index (χ0v) is 12.2. The molecule has 0 aliphatic carbocycles. The van der Waals surface area contributed by atoms with Crippen molar-refractivity contribution in [2.45, 2.75) is 24.7 Å². The highest BCUT2D eigenvalue weighted by molar-refractivity contribution is 5.79. The van der Waals surface area contributed by atoms with Gasteiger partial charge < -0.3 is 15.4 Å². The molecule has 7 heteroatoms. The highest BCUT2D eigenvalue weighted by atomic mass is 16.5. The van der Waals surface area contributed by atoms with Gasteiger partial charge in [0.15, 0.2) is 0 Å². The normalized spacial score (nSPS) is 29.8. The lowest BCUT2D eigenvalue weighted by atomic mass is 10.1. The molecule has 114 valence electrons. The van der Waals surface area contributed by atoms with Crippen molar-refractivity contribution < 1.29 is 4.74 Å². The highest BCUT2D eigenvalue weighted by Crippen LogP contribution is 2.23. The van der Waals surface area contributed by atoms with E-state index >= 15 is 0 Å². The van der Waals surface area contributed by atoms with E-state index in [0.29, 0.717) is 0 Å². The zero-order valence-electron chi connectivity index (χ0n) is 12.2. The Labute approximate surface area is 124 Å². The van der Waals surface area contributed by atoms with Crippen LogP contribution in [0.2, 0.25) is 0 Å². The van der Waals surface area contributed by atoms with E-state index in [1.54, 1.807) is 0 Å². The molecular weight excluding hydrogens is 268 g/mol. The maximum absolute atomic E-state index is 6.13. The van der Waals surface area contributed by atoms with E-state index in [0.717, 1.165) is 30.8 Å². The summed E-state index contributed by atoms with van der Waals surface area (Å²) in [7, 11) is 2.12. The number of piperidine rings is 1. The number of nitrogens with zero attached hydrogens (tertiary/aromatic N) is 2.